The lowest BCUT2D eigenvalue weighted by Crippen LogP contribution is -2.42. The van der Waals surface area contributed by atoms with E-state index in [4.69, 9.17) is 14.9 Å². The first-order valence-electron chi connectivity index (χ1n) is 19.0. The van der Waals surface area contributed by atoms with Gasteiger partial charge in [0.1, 0.15) is 22.5 Å². The molecule has 2 N–H and O–H groups in total. The summed E-state index contributed by atoms with van der Waals surface area (Å²) >= 11 is 0. The Morgan fingerprint density at radius 3 is 1.77 bits per heavy atom. The van der Waals surface area contributed by atoms with Crippen LogP contribution in [0.3, 0.4) is 0 Å². The number of sulfonamides is 1. The highest BCUT2D eigenvalue weighted by Crippen LogP contribution is 2.31. The summed E-state index contributed by atoms with van der Waals surface area (Å²) in [6, 6.07) is 5.42. The summed E-state index contributed by atoms with van der Waals surface area (Å²) in [7, 11) is -4.22. The van der Waals surface area contributed by atoms with Gasteiger partial charge in [0, 0.05) is 79.4 Å². The number of carbonyl (C=O) groups excluding carboxylic acids is 2. The number of hydrogen-bond acceptors (Lipinski definition) is 11. The largest absolute Gasteiger partial charge is 0.444 e. The summed E-state index contributed by atoms with van der Waals surface area (Å²) in [5, 5.41) is 17.0. The molecule has 2 aliphatic rings. The third-order valence-electron chi connectivity index (χ3n) is 9.90. The SMILES string of the molecule is CC(C)(C)OC(=O)N1CCC(n2cc(-c3cnc(C=N)c(NS(=O)(=O)c4cnc5ccc(-c6cnn(C7CCN(C(=O)OC(C)(C)C)CC7)c6)cn45)c3)cn2)CC1. The number of nitrogens with one attached hydrogen (secondary N) is 2. The van der Waals surface area contributed by atoms with Crippen LogP contribution in [0.5, 0.6) is 0 Å². The molecule has 5 aromatic heterocycles. The van der Waals surface area contributed by atoms with Gasteiger partial charge >= 0.3 is 12.2 Å². The van der Waals surface area contributed by atoms with E-state index >= 15 is 0 Å². The molecule has 2 amide bonds. The minimum absolute atomic E-state index is 0.0719. The molecular weight excluding hydrogens is 751 g/mol. The molecule has 7 heterocycles. The predicted molar refractivity (Wildman–Crippen MR) is 213 cm³/mol. The van der Waals surface area contributed by atoms with Crippen molar-refractivity contribution in [3.63, 3.8) is 0 Å². The number of imidazole rings is 1. The average molecular weight is 800 g/mol. The molecule has 0 aliphatic carbocycles. The second-order valence-corrected chi connectivity index (χ2v) is 18.1. The highest BCUT2D eigenvalue weighted by Gasteiger charge is 2.30. The molecule has 0 saturated carbocycles. The van der Waals surface area contributed by atoms with Crippen molar-refractivity contribution in [3.05, 3.63) is 67.3 Å². The van der Waals surface area contributed by atoms with Crippen molar-refractivity contribution >= 4 is 39.8 Å². The van der Waals surface area contributed by atoms with E-state index in [0.29, 0.717) is 50.2 Å². The van der Waals surface area contributed by atoms with E-state index in [2.05, 4.69) is 24.9 Å². The van der Waals surface area contributed by atoms with E-state index in [9.17, 15) is 18.0 Å². The first kappa shape index (κ1) is 39.5. The number of carbonyl (C=O) groups is 2. The lowest BCUT2D eigenvalue weighted by Gasteiger charge is -2.33. The van der Waals surface area contributed by atoms with Crippen LogP contribution < -0.4 is 4.72 Å². The smallest absolute Gasteiger partial charge is 0.410 e. The van der Waals surface area contributed by atoms with E-state index in [-0.39, 0.29) is 40.7 Å². The van der Waals surface area contributed by atoms with Crippen molar-refractivity contribution in [2.24, 2.45) is 0 Å². The normalized spacial score (nSPS) is 16.2. The summed E-state index contributed by atoms with van der Waals surface area (Å²) in [5.74, 6) is 0. The molecule has 0 unspecified atom stereocenters. The maximum absolute atomic E-state index is 14.0. The van der Waals surface area contributed by atoms with Gasteiger partial charge in [-0.2, -0.15) is 18.6 Å². The lowest BCUT2D eigenvalue weighted by atomic mass is 10.1. The van der Waals surface area contributed by atoms with Gasteiger partial charge in [0.25, 0.3) is 10.0 Å². The van der Waals surface area contributed by atoms with E-state index in [1.807, 2.05) is 69.4 Å². The molecule has 0 spiro atoms. The number of pyridine rings is 2. The zero-order valence-electron chi connectivity index (χ0n) is 33.0. The van der Waals surface area contributed by atoms with Crippen LogP contribution in [0.25, 0.3) is 27.9 Å². The van der Waals surface area contributed by atoms with Crippen LogP contribution in [-0.2, 0) is 19.5 Å². The minimum Gasteiger partial charge on any atom is -0.444 e. The number of anilines is 1. The number of piperidine rings is 2. The topological polar surface area (TPSA) is 195 Å². The van der Waals surface area contributed by atoms with Crippen LogP contribution in [0.4, 0.5) is 15.3 Å². The van der Waals surface area contributed by atoms with Gasteiger partial charge < -0.3 is 24.7 Å². The molecule has 57 heavy (non-hydrogen) atoms. The highest BCUT2D eigenvalue weighted by atomic mass is 32.2. The zero-order chi connectivity index (χ0) is 40.7. The van der Waals surface area contributed by atoms with Crippen LogP contribution in [-0.4, -0.2) is 108 Å². The monoisotopic (exact) mass is 799 g/mol. The van der Waals surface area contributed by atoms with Gasteiger partial charge in [0.05, 0.1) is 36.4 Å². The molecule has 18 heteroatoms. The fourth-order valence-corrected chi connectivity index (χ4v) is 8.16. The fourth-order valence-electron chi connectivity index (χ4n) is 7.01. The van der Waals surface area contributed by atoms with Crippen molar-refractivity contribution in [3.8, 4) is 22.3 Å². The van der Waals surface area contributed by atoms with Crippen LogP contribution >= 0.6 is 0 Å². The third kappa shape index (κ3) is 8.95. The molecule has 2 saturated heterocycles. The summed E-state index contributed by atoms with van der Waals surface area (Å²) < 4.78 is 46.9. The van der Waals surface area contributed by atoms with Crippen molar-refractivity contribution in [1.82, 2.24) is 43.7 Å². The number of aromatic nitrogens is 7. The summed E-state index contributed by atoms with van der Waals surface area (Å²) in [5.41, 5.74) is 2.47. The average Bonchev–Trinajstić information content (AvgIpc) is 3.94. The molecule has 0 aromatic carbocycles. The van der Waals surface area contributed by atoms with Crippen molar-refractivity contribution < 1.29 is 27.5 Å². The maximum atomic E-state index is 14.0. The summed E-state index contributed by atoms with van der Waals surface area (Å²) in [6.45, 7) is 13.3. The predicted octanol–water partition coefficient (Wildman–Crippen LogP) is 6.40. The number of amides is 2. The minimum atomic E-state index is -4.22. The number of hydrogen-bond donors (Lipinski definition) is 2. The first-order chi connectivity index (χ1) is 27.0. The molecule has 0 atom stereocenters. The molecular formula is C39H49N11O6S. The molecule has 2 aliphatic heterocycles. The lowest BCUT2D eigenvalue weighted by molar-refractivity contribution is 0.0174. The Balaban J connectivity index is 1.04. The van der Waals surface area contributed by atoms with Crippen molar-refractivity contribution in [1.29, 1.82) is 5.41 Å². The molecule has 17 nitrogen and oxygen atoms in total. The second kappa shape index (κ2) is 15.3. The molecule has 302 valence electrons. The molecule has 5 aromatic rings. The number of ether oxygens (including phenoxy) is 2. The molecule has 0 bridgehead atoms. The molecule has 2 fully saturated rings. The number of likely N-dealkylation sites (tertiary alicyclic amines) is 2. The molecule has 0 radical (unpaired) electrons. The van der Waals surface area contributed by atoms with Gasteiger partial charge in [0.2, 0.25) is 0 Å². The highest BCUT2D eigenvalue weighted by molar-refractivity contribution is 7.92. The van der Waals surface area contributed by atoms with Crippen molar-refractivity contribution in [2.75, 3.05) is 30.9 Å². The third-order valence-corrected chi connectivity index (χ3v) is 11.2. The number of fused-ring (bicyclic) bond motifs is 1. The Morgan fingerprint density at radius 2 is 1.26 bits per heavy atom. The standard InChI is InChI=1S/C39H49N11O6S/c1-38(2,3)55-36(51)46-13-9-30(10-14-46)49-24-28(20-43-49)26-7-8-34-42-22-35(48(34)23-26)57(53,54)45-32-17-27(19-41-33(32)18-40)29-21-44-50(25-29)31-11-15-47(16-12-31)37(52)56-39(4,5)6/h7-8,17-25,30-31,40,45H,9-16H2,1-6H3. The van der Waals surface area contributed by atoms with E-state index in [1.54, 1.807) is 46.7 Å². The summed E-state index contributed by atoms with van der Waals surface area (Å²) in [4.78, 5) is 37.2. The van der Waals surface area contributed by atoms with Crippen LogP contribution in [0.2, 0.25) is 0 Å². The van der Waals surface area contributed by atoms with E-state index < -0.39 is 21.2 Å². The second-order valence-electron chi connectivity index (χ2n) is 16.5. The number of rotatable bonds is 8. The van der Waals surface area contributed by atoms with Crippen LogP contribution in [0, 0.1) is 5.41 Å². The van der Waals surface area contributed by atoms with E-state index in [1.165, 1.54) is 10.6 Å². The van der Waals surface area contributed by atoms with Gasteiger partial charge in [-0.15, -0.1) is 0 Å². The molecule has 7 rings (SSSR count). The van der Waals surface area contributed by atoms with Gasteiger partial charge in [0.15, 0.2) is 5.03 Å². The van der Waals surface area contributed by atoms with E-state index in [0.717, 1.165) is 35.7 Å². The van der Waals surface area contributed by atoms with Gasteiger partial charge in [-0.3, -0.25) is 23.5 Å². The Labute approximate surface area is 331 Å². The Bertz CT molecular complexity index is 2390. The zero-order valence-corrected chi connectivity index (χ0v) is 33.9. The first-order valence-corrected chi connectivity index (χ1v) is 20.5. The van der Waals surface area contributed by atoms with Crippen molar-refractivity contribution in [2.45, 2.75) is 95.5 Å². The van der Waals surface area contributed by atoms with Gasteiger partial charge in [-0.25, -0.2) is 14.6 Å². The quantitative estimate of drug-likeness (QED) is 0.166. The van der Waals surface area contributed by atoms with Crippen LogP contribution in [0.15, 0.2) is 66.6 Å². The summed E-state index contributed by atoms with van der Waals surface area (Å²) in [6.07, 6.45) is 15.1. The Hall–Kier alpha value is -5.78. The van der Waals surface area contributed by atoms with Gasteiger partial charge in [-0.1, -0.05) is 0 Å². The fraction of sp³-hybridized carbons (Fsp3) is 0.462. The van der Waals surface area contributed by atoms with Crippen LogP contribution in [0.1, 0.15) is 85.0 Å². The number of nitrogens with zero attached hydrogens (tertiary/aromatic N) is 9. The van der Waals surface area contributed by atoms with Gasteiger partial charge in [-0.05, 0) is 85.4 Å². The Kier molecular flexibility index (Phi) is 10.6. The Morgan fingerprint density at radius 1 is 0.737 bits per heavy atom. The maximum Gasteiger partial charge on any atom is 0.410 e.